The number of benzene rings is 1. The van der Waals surface area contributed by atoms with Gasteiger partial charge in [-0.2, -0.15) is 18.3 Å². The molecule has 0 saturated carbocycles. The van der Waals surface area contributed by atoms with Gasteiger partial charge in [-0.1, -0.05) is 30.3 Å². The van der Waals surface area contributed by atoms with E-state index >= 15 is 0 Å². The number of alkyl halides is 3. The molecule has 0 spiro atoms. The number of anilines is 1. The summed E-state index contributed by atoms with van der Waals surface area (Å²) in [5, 5.41) is 6.77. The van der Waals surface area contributed by atoms with Crippen molar-refractivity contribution in [2.75, 3.05) is 5.32 Å². The normalized spacial score (nSPS) is 11.7. The number of primary amides is 1. The minimum atomic E-state index is -4.68. The molecule has 2 amide bonds. The number of halogens is 3. The number of rotatable bonds is 5. The number of hydrogen-bond acceptors (Lipinski definition) is 5. The van der Waals surface area contributed by atoms with Crippen LogP contribution >= 0.6 is 11.3 Å². The van der Waals surface area contributed by atoms with Gasteiger partial charge in [-0.3, -0.25) is 18.7 Å². The molecule has 0 aliphatic carbocycles. The first-order chi connectivity index (χ1) is 17.1. The van der Waals surface area contributed by atoms with Gasteiger partial charge in [0.15, 0.2) is 5.65 Å². The Bertz CT molecular complexity index is 1620. The van der Waals surface area contributed by atoms with E-state index in [0.29, 0.717) is 16.9 Å². The molecule has 5 rings (SSSR count). The third-order valence-electron chi connectivity index (χ3n) is 5.46. The van der Waals surface area contributed by atoms with E-state index < -0.39 is 22.9 Å². The van der Waals surface area contributed by atoms with E-state index in [1.54, 1.807) is 31.4 Å². The second-order valence-corrected chi connectivity index (χ2v) is 8.90. The Morgan fingerprint density at radius 3 is 2.44 bits per heavy atom. The summed E-state index contributed by atoms with van der Waals surface area (Å²) in [5.41, 5.74) is 7.18. The van der Waals surface area contributed by atoms with E-state index in [2.05, 4.69) is 15.4 Å². The monoisotopic (exact) mass is 510 g/mol. The lowest BCUT2D eigenvalue weighted by atomic mass is 10.0. The second-order valence-electron chi connectivity index (χ2n) is 7.85. The van der Waals surface area contributed by atoms with Crippen LogP contribution in [0.2, 0.25) is 0 Å². The van der Waals surface area contributed by atoms with Gasteiger partial charge in [-0.15, -0.1) is 11.3 Å². The average Bonchev–Trinajstić information content (AvgIpc) is 3.57. The van der Waals surface area contributed by atoms with Gasteiger partial charge in [0.25, 0.3) is 11.8 Å². The molecule has 1 aromatic carbocycles. The third-order valence-corrected chi connectivity index (χ3v) is 6.64. The minimum absolute atomic E-state index is 0.0908. The van der Waals surface area contributed by atoms with Gasteiger partial charge in [0.05, 0.1) is 22.5 Å². The van der Waals surface area contributed by atoms with Crippen LogP contribution in [0.1, 0.15) is 25.0 Å². The Morgan fingerprint density at radius 1 is 1.06 bits per heavy atom. The molecular formula is C24H17F3N6O2S. The van der Waals surface area contributed by atoms with Crippen molar-refractivity contribution in [3.8, 4) is 22.4 Å². The first kappa shape index (κ1) is 23.3. The predicted octanol–water partition coefficient (Wildman–Crippen LogP) is 4.83. The van der Waals surface area contributed by atoms with E-state index in [0.717, 1.165) is 5.56 Å². The molecular weight excluding hydrogens is 493 g/mol. The molecule has 182 valence electrons. The van der Waals surface area contributed by atoms with Crippen LogP contribution in [-0.4, -0.2) is 31.0 Å². The Balaban J connectivity index is 1.62. The van der Waals surface area contributed by atoms with Crippen LogP contribution in [0, 0.1) is 0 Å². The van der Waals surface area contributed by atoms with Crippen molar-refractivity contribution in [3.63, 3.8) is 0 Å². The molecule has 3 N–H and O–H groups in total. The van der Waals surface area contributed by atoms with E-state index in [1.807, 2.05) is 18.2 Å². The summed E-state index contributed by atoms with van der Waals surface area (Å²) in [6.45, 7) is 0. The molecule has 4 aromatic heterocycles. The molecule has 0 atom stereocenters. The number of aromatic nitrogens is 4. The van der Waals surface area contributed by atoms with E-state index in [-0.39, 0.29) is 33.2 Å². The van der Waals surface area contributed by atoms with Gasteiger partial charge in [0, 0.05) is 30.6 Å². The molecule has 36 heavy (non-hydrogen) atoms. The van der Waals surface area contributed by atoms with Crippen molar-refractivity contribution in [1.29, 1.82) is 0 Å². The zero-order valence-corrected chi connectivity index (χ0v) is 19.4. The van der Waals surface area contributed by atoms with Gasteiger partial charge >= 0.3 is 6.18 Å². The van der Waals surface area contributed by atoms with Crippen LogP contribution in [0.5, 0.6) is 0 Å². The highest BCUT2D eigenvalue weighted by Gasteiger charge is 2.38. The number of amides is 2. The number of thiophene rings is 1. The lowest BCUT2D eigenvalue weighted by molar-refractivity contribution is -0.133. The lowest BCUT2D eigenvalue weighted by Crippen LogP contribution is -2.15. The highest BCUT2D eigenvalue weighted by atomic mass is 32.1. The zero-order chi connectivity index (χ0) is 25.6. The van der Waals surface area contributed by atoms with E-state index in [1.165, 1.54) is 33.6 Å². The maximum absolute atomic E-state index is 13.8. The third kappa shape index (κ3) is 4.11. The molecule has 8 nitrogen and oxygen atoms in total. The number of nitrogens with one attached hydrogen (secondary N) is 1. The van der Waals surface area contributed by atoms with Crippen molar-refractivity contribution in [2.45, 2.75) is 6.18 Å². The van der Waals surface area contributed by atoms with Crippen LogP contribution in [-0.2, 0) is 13.2 Å². The zero-order valence-electron chi connectivity index (χ0n) is 18.6. The molecule has 12 heteroatoms. The molecule has 0 unspecified atom stereocenters. The van der Waals surface area contributed by atoms with Crippen LogP contribution < -0.4 is 11.1 Å². The highest BCUT2D eigenvalue weighted by Crippen LogP contribution is 2.43. The molecule has 4 heterocycles. The maximum Gasteiger partial charge on any atom is 0.426 e. The van der Waals surface area contributed by atoms with Crippen LogP contribution in [0.3, 0.4) is 0 Å². The predicted molar refractivity (Wildman–Crippen MR) is 129 cm³/mol. The van der Waals surface area contributed by atoms with Crippen LogP contribution in [0.4, 0.5) is 18.9 Å². The Labute approximate surface area is 205 Å². The summed E-state index contributed by atoms with van der Waals surface area (Å²) in [5.74, 6) is -1.48. The molecule has 0 saturated heterocycles. The van der Waals surface area contributed by atoms with Gasteiger partial charge in [-0.05, 0) is 23.8 Å². The lowest BCUT2D eigenvalue weighted by Gasteiger charge is -2.13. The summed E-state index contributed by atoms with van der Waals surface area (Å²) < 4.78 is 44.2. The van der Waals surface area contributed by atoms with Gasteiger partial charge in [0.2, 0.25) is 0 Å². The summed E-state index contributed by atoms with van der Waals surface area (Å²) in [6, 6.07) is 13.3. The number of nitrogens with two attached hydrogens (primary N) is 1. The number of carbonyl (C=O) groups is 2. The second kappa shape index (κ2) is 8.64. The van der Waals surface area contributed by atoms with Gasteiger partial charge in [-0.25, -0.2) is 4.98 Å². The van der Waals surface area contributed by atoms with Crippen molar-refractivity contribution in [3.05, 3.63) is 82.6 Å². The summed E-state index contributed by atoms with van der Waals surface area (Å²) >= 11 is 0.327. The number of fused-ring (bicyclic) bond motifs is 1. The molecule has 0 bridgehead atoms. The Morgan fingerprint density at radius 2 is 1.81 bits per heavy atom. The number of pyridine rings is 1. The van der Waals surface area contributed by atoms with Crippen molar-refractivity contribution in [1.82, 2.24) is 19.2 Å². The fourth-order valence-corrected chi connectivity index (χ4v) is 4.78. The Hall–Kier alpha value is -4.45. The molecule has 5 aromatic rings. The molecule has 0 aliphatic rings. The Kier molecular flexibility index (Phi) is 5.59. The SMILES string of the molecule is Cn1ccc(-c2cc(C(=O)Nc3c(-c4ccccc4)ccn4c(C(N)=O)cnc34)sc2C(F)(F)F)n1. The van der Waals surface area contributed by atoms with Crippen LogP contribution in [0.15, 0.2) is 67.1 Å². The van der Waals surface area contributed by atoms with Crippen molar-refractivity contribution in [2.24, 2.45) is 12.8 Å². The largest absolute Gasteiger partial charge is 0.426 e. The van der Waals surface area contributed by atoms with Gasteiger partial charge < -0.3 is 11.1 Å². The average molecular weight is 511 g/mol. The fraction of sp³-hybridized carbons (Fsp3) is 0.0833. The topological polar surface area (TPSA) is 107 Å². The number of imidazole rings is 1. The fourth-order valence-electron chi connectivity index (χ4n) is 3.85. The molecule has 0 aliphatic heterocycles. The standard InChI is InChI=1S/C24H17F3N6O2S/c1-32-9-8-16(31-32)15-11-18(36-20(15)24(25,26)27)23(35)30-19-14(13-5-3-2-4-6-13)7-10-33-17(21(28)34)12-29-22(19)33/h2-12H,1H3,(H2,28,34)(H,30,35). The van der Waals surface area contributed by atoms with Crippen molar-refractivity contribution >= 4 is 34.5 Å². The number of hydrogen-bond donors (Lipinski definition) is 2. The van der Waals surface area contributed by atoms with E-state index in [9.17, 15) is 22.8 Å². The summed E-state index contributed by atoms with van der Waals surface area (Å²) in [7, 11) is 1.59. The quantitative estimate of drug-likeness (QED) is 0.353. The smallest absolute Gasteiger partial charge is 0.364 e. The number of nitrogens with zero attached hydrogens (tertiary/aromatic N) is 4. The van der Waals surface area contributed by atoms with Gasteiger partial charge in [0.1, 0.15) is 10.6 Å². The molecule has 0 radical (unpaired) electrons. The number of carbonyl (C=O) groups excluding carboxylic acids is 2. The minimum Gasteiger partial charge on any atom is -0.364 e. The van der Waals surface area contributed by atoms with E-state index in [4.69, 9.17) is 5.73 Å². The highest BCUT2D eigenvalue weighted by molar-refractivity contribution is 7.14. The summed E-state index contributed by atoms with van der Waals surface area (Å²) in [6.07, 6.45) is -0.292. The molecule has 0 fully saturated rings. The maximum atomic E-state index is 13.8. The van der Waals surface area contributed by atoms with Crippen molar-refractivity contribution < 1.29 is 22.8 Å². The first-order valence-corrected chi connectivity index (χ1v) is 11.3. The number of aryl methyl sites for hydroxylation is 1. The first-order valence-electron chi connectivity index (χ1n) is 10.5. The van der Waals surface area contributed by atoms with Crippen LogP contribution in [0.25, 0.3) is 28.0 Å². The summed E-state index contributed by atoms with van der Waals surface area (Å²) in [4.78, 5) is 28.3.